The quantitative estimate of drug-likeness (QED) is 0.720. The number of nitrogen functional groups attached to an aromatic ring is 1. The summed E-state index contributed by atoms with van der Waals surface area (Å²) in [6.07, 6.45) is 2.52. The number of aromatic nitrogens is 3. The van der Waals surface area contributed by atoms with Crippen LogP contribution < -0.4 is 5.73 Å². The zero-order valence-electron chi connectivity index (χ0n) is 13.4. The second-order valence-corrected chi connectivity index (χ2v) is 7.10. The first kappa shape index (κ1) is 15.2. The Morgan fingerprint density at radius 3 is 2.67 bits per heavy atom. The van der Waals surface area contributed by atoms with E-state index in [1.54, 1.807) is 6.92 Å². The zero-order chi connectivity index (χ0) is 16.7. The number of Topliss-reactive ketones (excluding diaryl/α,β-unsaturated/α-hetero) is 1. The van der Waals surface area contributed by atoms with Crippen molar-refractivity contribution in [2.24, 2.45) is 0 Å². The fourth-order valence-corrected chi connectivity index (χ4v) is 3.77. The zero-order valence-corrected chi connectivity index (χ0v) is 14.2. The van der Waals surface area contributed by atoms with E-state index in [2.05, 4.69) is 40.5 Å². The molecule has 1 heterocycles. The molecule has 1 aromatic heterocycles. The Balaban J connectivity index is 1.87. The van der Waals surface area contributed by atoms with Crippen molar-refractivity contribution in [3.8, 4) is 5.69 Å². The maximum Gasteiger partial charge on any atom is 0.227 e. The van der Waals surface area contributed by atoms with Crippen molar-refractivity contribution in [1.82, 2.24) is 14.8 Å². The van der Waals surface area contributed by atoms with Gasteiger partial charge in [-0.3, -0.25) is 9.36 Å². The highest BCUT2D eigenvalue weighted by Gasteiger charge is 2.26. The molecule has 0 bridgehead atoms. The number of nitrogens with two attached hydrogens (primary N) is 1. The molecule has 0 atom stereocenters. The van der Waals surface area contributed by atoms with Gasteiger partial charge in [0.15, 0.2) is 5.16 Å². The van der Waals surface area contributed by atoms with Gasteiger partial charge in [0.1, 0.15) is 5.78 Å². The molecule has 0 radical (unpaired) electrons. The van der Waals surface area contributed by atoms with Gasteiger partial charge < -0.3 is 5.73 Å². The Morgan fingerprint density at radius 2 is 1.96 bits per heavy atom. The van der Waals surface area contributed by atoms with Crippen LogP contribution in [-0.2, 0) is 4.79 Å². The van der Waals surface area contributed by atoms with Crippen molar-refractivity contribution in [1.29, 1.82) is 0 Å². The highest BCUT2D eigenvalue weighted by molar-refractivity contribution is 7.99. The minimum atomic E-state index is 0.0991. The SMILES string of the molecule is CC(=O)CSc1nnc(N)n1-c1ccc(C2CC2)c2ccccc12. The summed E-state index contributed by atoms with van der Waals surface area (Å²) in [7, 11) is 0. The number of anilines is 1. The highest BCUT2D eigenvalue weighted by atomic mass is 32.2. The van der Waals surface area contributed by atoms with E-state index in [9.17, 15) is 4.79 Å². The number of carbonyl (C=O) groups excluding carboxylic acids is 1. The second-order valence-electron chi connectivity index (χ2n) is 6.16. The highest BCUT2D eigenvalue weighted by Crippen LogP contribution is 2.44. The lowest BCUT2D eigenvalue weighted by Crippen LogP contribution is -2.05. The molecule has 0 spiro atoms. The Kier molecular flexibility index (Phi) is 3.76. The number of rotatable bonds is 5. The number of nitrogens with zero attached hydrogens (tertiary/aromatic N) is 3. The van der Waals surface area contributed by atoms with Crippen LogP contribution in [0.4, 0.5) is 5.95 Å². The molecule has 4 rings (SSSR count). The van der Waals surface area contributed by atoms with Crippen LogP contribution in [0, 0.1) is 0 Å². The van der Waals surface area contributed by atoms with Gasteiger partial charge in [-0.25, -0.2) is 0 Å². The van der Waals surface area contributed by atoms with E-state index in [1.165, 1.54) is 35.6 Å². The van der Waals surface area contributed by atoms with Crippen LogP contribution in [0.15, 0.2) is 41.6 Å². The van der Waals surface area contributed by atoms with Gasteiger partial charge >= 0.3 is 0 Å². The van der Waals surface area contributed by atoms with Crippen LogP contribution in [0.25, 0.3) is 16.5 Å². The number of thioether (sulfide) groups is 1. The van der Waals surface area contributed by atoms with Gasteiger partial charge in [0, 0.05) is 5.39 Å². The van der Waals surface area contributed by atoms with Crippen LogP contribution in [-0.4, -0.2) is 26.3 Å². The molecule has 0 amide bonds. The summed E-state index contributed by atoms with van der Waals surface area (Å²) in [5, 5.41) is 11.2. The van der Waals surface area contributed by atoms with Crippen LogP contribution in [0.1, 0.15) is 31.2 Å². The predicted molar refractivity (Wildman–Crippen MR) is 96.7 cm³/mol. The Hall–Kier alpha value is -2.34. The molecule has 1 saturated carbocycles. The Morgan fingerprint density at radius 1 is 1.21 bits per heavy atom. The van der Waals surface area contributed by atoms with Gasteiger partial charge in [-0.2, -0.15) is 0 Å². The fraction of sp³-hybridized carbons (Fsp3) is 0.278. The molecular formula is C18H18N4OS. The van der Waals surface area contributed by atoms with Crippen molar-refractivity contribution in [3.05, 3.63) is 42.0 Å². The monoisotopic (exact) mass is 338 g/mol. The molecule has 2 aromatic carbocycles. The lowest BCUT2D eigenvalue weighted by Gasteiger charge is -2.13. The first-order valence-electron chi connectivity index (χ1n) is 8.00. The minimum absolute atomic E-state index is 0.0991. The molecule has 0 aliphatic heterocycles. The summed E-state index contributed by atoms with van der Waals surface area (Å²) in [5.41, 5.74) is 8.44. The molecule has 3 aromatic rings. The number of hydrogen-bond donors (Lipinski definition) is 1. The first-order chi connectivity index (χ1) is 11.6. The van der Waals surface area contributed by atoms with E-state index in [4.69, 9.17) is 5.73 Å². The summed E-state index contributed by atoms with van der Waals surface area (Å²) < 4.78 is 1.84. The summed E-state index contributed by atoms with van der Waals surface area (Å²) in [6.45, 7) is 1.57. The van der Waals surface area contributed by atoms with E-state index in [0.29, 0.717) is 22.8 Å². The molecule has 5 nitrogen and oxygen atoms in total. The predicted octanol–water partition coefficient (Wildman–Crippen LogP) is 3.56. The number of fused-ring (bicyclic) bond motifs is 1. The molecule has 1 aliphatic carbocycles. The van der Waals surface area contributed by atoms with Crippen molar-refractivity contribution < 1.29 is 4.79 Å². The normalized spacial score (nSPS) is 14.2. The van der Waals surface area contributed by atoms with Crippen molar-refractivity contribution in [3.63, 3.8) is 0 Å². The van der Waals surface area contributed by atoms with Gasteiger partial charge in [0.2, 0.25) is 5.95 Å². The van der Waals surface area contributed by atoms with Gasteiger partial charge in [0.25, 0.3) is 0 Å². The van der Waals surface area contributed by atoms with Crippen LogP contribution in [0.3, 0.4) is 0 Å². The van der Waals surface area contributed by atoms with Crippen LogP contribution in [0.5, 0.6) is 0 Å². The maximum atomic E-state index is 11.3. The van der Waals surface area contributed by atoms with E-state index < -0.39 is 0 Å². The Labute approximate surface area is 144 Å². The lowest BCUT2D eigenvalue weighted by molar-refractivity contribution is -0.114. The summed E-state index contributed by atoms with van der Waals surface area (Å²) >= 11 is 1.36. The Bertz CT molecular complexity index is 930. The van der Waals surface area contributed by atoms with Gasteiger partial charge in [0.05, 0.1) is 11.4 Å². The maximum absolute atomic E-state index is 11.3. The van der Waals surface area contributed by atoms with Gasteiger partial charge in [-0.05, 0) is 42.7 Å². The molecular weight excluding hydrogens is 320 g/mol. The molecule has 0 unspecified atom stereocenters. The molecule has 1 aliphatic rings. The van der Waals surface area contributed by atoms with Crippen LogP contribution >= 0.6 is 11.8 Å². The lowest BCUT2D eigenvalue weighted by atomic mass is 9.99. The van der Waals surface area contributed by atoms with E-state index in [0.717, 1.165) is 11.1 Å². The van der Waals surface area contributed by atoms with Gasteiger partial charge in [-0.15, -0.1) is 10.2 Å². The standard InChI is InChI=1S/C18H18N4OS/c1-11(23)10-24-18-21-20-17(19)22(18)16-9-8-13(12-6-7-12)14-4-2-3-5-15(14)16/h2-5,8-9,12H,6-7,10H2,1H3,(H2,19,20). The minimum Gasteiger partial charge on any atom is -0.368 e. The van der Waals surface area contributed by atoms with E-state index in [-0.39, 0.29) is 5.78 Å². The van der Waals surface area contributed by atoms with Crippen molar-refractivity contribution in [2.45, 2.75) is 30.8 Å². The van der Waals surface area contributed by atoms with Crippen molar-refractivity contribution >= 4 is 34.3 Å². The van der Waals surface area contributed by atoms with Gasteiger partial charge in [-0.1, -0.05) is 42.1 Å². The van der Waals surface area contributed by atoms with E-state index >= 15 is 0 Å². The number of hydrogen-bond acceptors (Lipinski definition) is 5. The average molecular weight is 338 g/mol. The van der Waals surface area contributed by atoms with Crippen LogP contribution in [0.2, 0.25) is 0 Å². The number of carbonyl (C=O) groups is 1. The molecule has 122 valence electrons. The topological polar surface area (TPSA) is 73.8 Å². The third-order valence-corrected chi connectivity index (χ3v) is 5.33. The third kappa shape index (κ3) is 2.67. The molecule has 24 heavy (non-hydrogen) atoms. The number of ketones is 1. The average Bonchev–Trinajstić information content (AvgIpc) is 3.35. The van der Waals surface area contributed by atoms with Crippen molar-refractivity contribution in [2.75, 3.05) is 11.5 Å². The first-order valence-corrected chi connectivity index (χ1v) is 8.99. The molecule has 2 N–H and O–H groups in total. The summed E-state index contributed by atoms with van der Waals surface area (Å²) in [4.78, 5) is 11.3. The summed E-state index contributed by atoms with van der Waals surface area (Å²) in [6, 6.07) is 12.6. The molecule has 1 fully saturated rings. The third-order valence-electron chi connectivity index (χ3n) is 4.26. The second kappa shape index (κ2) is 5.94. The fourth-order valence-electron chi connectivity index (χ4n) is 3.02. The molecule has 0 saturated heterocycles. The molecule has 6 heteroatoms. The van der Waals surface area contributed by atoms with E-state index in [1.807, 2.05) is 10.6 Å². The largest absolute Gasteiger partial charge is 0.368 e. The smallest absolute Gasteiger partial charge is 0.227 e. The number of benzene rings is 2. The summed E-state index contributed by atoms with van der Waals surface area (Å²) in [5.74, 6) is 1.47.